The number of hydrogen-bond donors (Lipinski definition) is 0. The van der Waals surface area contributed by atoms with Crippen LogP contribution >= 0.6 is 11.6 Å². The zero-order chi connectivity index (χ0) is 8.97. The summed E-state index contributed by atoms with van der Waals surface area (Å²) in [6.07, 6.45) is 0.759. The lowest BCUT2D eigenvalue weighted by Gasteiger charge is -2.03. The number of halogens is 1. The summed E-state index contributed by atoms with van der Waals surface area (Å²) in [5.74, 6) is 0.990. The van der Waals surface area contributed by atoms with Gasteiger partial charge < -0.3 is 4.74 Å². The Morgan fingerprint density at radius 2 is 2.33 bits per heavy atom. The quantitative estimate of drug-likeness (QED) is 0.532. The number of rotatable bonds is 3. The van der Waals surface area contributed by atoms with Gasteiger partial charge >= 0.3 is 0 Å². The molecule has 1 aromatic carbocycles. The van der Waals surface area contributed by atoms with Gasteiger partial charge in [0, 0.05) is 5.88 Å². The first-order valence-corrected chi connectivity index (χ1v) is 4.03. The van der Waals surface area contributed by atoms with E-state index >= 15 is 0 Å². The predicted molar refractivity (Wildman–Crippen MR) is 47.9 cm³/mol. The van der Waals surface area contributed by atoms with E-state index in [0.29, 0.717) is 17.2 Å². The summed E-state index contributed by atoms with van der Waals surface area (Å²) in [5, 5.41) is 0. The second-order valence-corrected chi connectivity index (χ2v) is 2.60. The molecule has 0 aliphatic heterocycles. The number of benzene rings is 1. The Morgan fingerprint density at radius 1 is 1.58 bits per heavy atom. The molecule has 0 spiro atoms. The molecule has 0 bridgehead atoms. The smallest absolute Gasteiger partial charge is 0.153 e. The van der Waals surface area contributed by atoms with E-state index in [1.54, 1.807) is 12.1 Å². The number of hydrogen-bond acceptors (Lipinski definition) is 2. The van der Waals surface area contributed by atoms with E-state index in [9.17, 15) is 4.79 Å². The molecular weight excluding hydrogens is 176 g/mol. The lowest BCUT2D eigenvalue weighted by molar-refractivity contribution is 0.112. The first-order valence-electron chi connectivity index (χ1n) is 3.50. The lowest BCUT2D eigenvalue weighted by Crippen LogP contribution is -1.91. The molecule has 0 radical (unpaired) electrons. The number of ether oxygens (including phenoxy) is 1. The number of carbonyl (C=O) groups excluding carboxylic acids is 1. The van der Waals surface area contributed by atoms with Crippen molar-refractivity contribution in [2.45, 2.75) is 5.88 Å². The summed E-state index contributed by atoms with van der Waals surface area (Å²) in [4.78, 5) is 10.5. The summed E-state index contributed by atoms with van der Waals surface area (Å²) in [7, 11) is 1.53. The zero-order valence-electron chi connectivity index (χ0n) is 6.71. The highest BCUT2D eigenvalue weighted by Crippen LogP contribution is 2.18. The van der Waals surface area contributed by atoms with E-state index in [2.05, 4.69) is 0 Å². The summed E-state index contributed by atoms with van der Waals surface area (Å²) in [6.45, 7) is 0. The van der Waals surface area contributed by atoms with Crippen LogP contribution in [0.4, 0.5) is 0 Å². The van der Waals surface area contributed by atoms with Gasteiger partial charge in [-0.05, 0) is 17.7 Å². The Labute approximate surface area is 76.1 Å². The van der Waals surface area contributed by atoms with Gasteiger partial charge in [0.25, 0.3) is 0 Å². The second-order valence-electron chi connectivity index (χ2n) is 2.33. The fourth-order valence-corrected chi connectivity index (χ4v) is 1.13. The maximum atomic E-state index is 10.5. The minimum Gasteiger partial charge on any atom is -0.496 e. The number of aldehydes is 1. The van der Waals surface area contributed by atoms with Crippen LogP contribution in [0.1, 0.15) is 15.9 Å². The Morgan fingerprint density at radius 3 is 2.83 bits per heavy atom. The van der Waals surface area contributed by atoms with E-state index < -0.39 is 0 Å². The van der Waals surface area contributed by atoms with E-state index in [-0.39, 0.29) is 0 Å². The largest absolute Gasteiger partial charge is 0.496 e. The molecule has 3 heteroatoms. The van der Waals surface area contributed by atoms with Gasteiger partial charge in [0.15, 0.2) is 6.29 Å². The van der Waals surface area contributed by atoms with Gasteiger partial charge in [0.2, 0.25) is 0 Å². The average Bonchev–Trinajstić information content (AvgIpc) is 2.16. The third kappa shape index (κ3) is 1.77. The molecular formula is C9H9ClO2. The Hall–Kier alpha value is -1.02. The molecule has 1 rings (SSSR count). The lowest BCUT2D eigenvalue weighted by atomic mass is 10.1. The van der Waals surface area contributed by atoms with Crippen molar-refractivity contribution in [3.05, 3.63) is 29.3 Å². The van der Waals surface area contributed by atoms with Gasteiger partial charge in [0.1, 0.15) is 5.75 Å². The fraction of sp³-hybridized carbons (Fsp3) is 0.222. The normalized spacial score (nSPS) is 9.50. The van der Waals surface area contributed by atoms with Gasteiger partial charge in [-0.15, -0.1) is 11.6 Å². The van der Waals surface area contributed by atoms with Crippen molar-refractivity contribution in [1.82, 2.24) is 0 Å². The van der Waals surface area contributed by atoms with Crippen LogP contribution in [0.3, 0.4) is 0 Å². The van der Waals surface area contributed by atoms with E-state index in [1.165, 1.54) is 7.11 Å². The molecule has 0 atom stereocenters. The van der Waals surface area contributed by atoms with Gasteiger partial charge in [-0.2, -0.15) is 0 Å². The third-order valence-corrected chi connectivity index (χ3v) is 1.88. The maximum Gasteiger partial charge on any atom is 0.153 e. The highest BCUT2D eigenvalue weighted by Gasteiger charge is 2.01. The van der Waals surface area contributed by atoms with E-state index in [1.807, 2.05) is 6.07 Å². The minimum absolute atomic E-state index is 0.408. The van der Waals surface area contributed by atoms with Crippen LogP contribution in [0.2, 0.25) is 0 Å². The summed E-state index contributed by atoms with van der Waals surface area (Å²) < 4.78 is 4.96. The summed E-state index contributed by atoms with van der Waals surface area (Å²) in [5.41, 5.74) is 1.45. The maximum absolute atomic E-state index is 10.5. The van der Waals surface area contributed by atoms with Crippen LogP contribution in [0, 0.1) is 0 Å². The van der Waals surface area contributed by atoms with Gasteiger partial charge in [-0.1, -0.05) is 6.07 Å². The standard InChI is InChI=1S/C9H9ClO2/c1-12-9-3-2-7(5-10)4-8(9)6-11/h2-4,6H,5H2,1H3. The predicted octanol–water partition coefficient (Wildman–Crippen LogP) is 2.25. The second kappa shape index (κ2) is 4.12. The molecule has 0 aromatic heterocycles. The van der Waals surface area contributed by atoms with Crippen molar-refractivity contribution in [3.63, 3.8) is 0 Å². The minimum atomic E-state index is 0.408. The molecule has 0 N–H and O–H groups in total. The van der Waals surface area contributed by atoms with Gasteiger partial charge in [0.05, 0.1) is 12.7 Å². The molecule has 0 saturated heterocycles. The molecule has 0 heterocycles. The molecule has 0 fully saturated rings. The van der Waals surface area contributed by atoms with Crippen LogP contribution in [0.5, 0.6) is 5.75 Å². The molecule has 0 aliphatic carbocycles. The van der Waals surface area contributed by atoms with E-state index in [0.717, 1.165) is 11.8 Å². The van der Waals surface area contributed by atoms with Crippen molar-refractivity contribution in [2.24, 2.45) is 0 Å². The SMILES string of the molecule is COc1ccc(CCl)cc1C=O. The molecule has 2 nitrogen and oxygen atoms in total. The molecule has 0 unspecified atom stereocenters. The Balaban J connectivity index is 3.10. The van der Waals surface area contributed by atoms with Crippen LogP contribution in [0.15, 0.2) is 18.2 Å². The van der Waals surface area contributed by atoms with Crippen LogP contribution < -0.4 is 4.74 Å². The van der Waals surface area contributed by atoms with Gasteiger partial charge in [-0.25, -0.2) is 0 Å². The van der Waals surface area contributed by atoms with Crippen molar-refractivity contribution in [3.8, 4) is 5.75 Å². The molecule has 12 heavy (non-hydrogen) atoms. The number of carbonyl (C=O) groups is 1. The number of alkyl halides is 1. The Kier molecular flexibility index (Phi) is 3.11. The first-order chi connectivity index (χ1) is 5.81. The summed E-state index contributed by atoms with van der Waals surface area (Å²) >= 11 is 5.59. The zero-order valence-corrected chi connectivity index (χ0v) is 7.47. The summed E-state index contributed by atoms with van der Waals surface area (Å²) in [6, 6.07) is 5.29. The van der Waals surface area contributed by atoms with Crippen molar-refractivity contribution in [2.75, 3.05) is 7.11 Å². The van der Waals surface area contributed by atoms with E-state index in [4.69, 9.17) is 16.3 Å². The molecule has 0 amide bonds. The molecule has 64 valence electrons. The molecule has 0 aliphatic rings. The van der Waals surface area contributed by atoms with Crippen LogP contribution in [-0.2, 0) is 5.88 Å². The first kappa shape index (κ1) is 9.07. The molecule has 1 aromatic rings. The van der Waals surface area contributed by atoms with Crippen molar-refractivity contribution in [1.29, 1.82) is 0 Å². The van der Waals surface area contributed by atoms with Gasteiger partial charge in [-0.3, -0.25) is 4.79 Å². The van der Waals surface area contributed by atoms with Crippen molar-refractivity contribution >= 4 is 17.9 Å². The fourth-order valence-electron chi connectivity index (χ4n) is 0.959. The average molecular weight is 185 g/mol. The van der Waals surface area contributed by atoms with Crippen molar-refractivity contribution < 1.29 is 9.53 Å². The topological polar surface area (TPSA) is 26.3 Å². The Bertz CT molecular complexity index is 284. The monoisotopic (exact) mass is 184 g/mol. The number of methoxy groups -OCH3 is 1. The third-order valence-electron chi connectivity index (χ3n) is 1.58. The van der Waals surface area contributed by atoms with Crippen LogP contribution in [-0.4, -0.2) is 13.4 Å². The highest BCUT2D eigenvalue weighted by atomic mass is 35.5. The highest BCUT2D eigenvalue weighted by molar-refractivity contribution is 6.17. The molecule has 0 saturated carbocycles. The van der Waals surface area contributed by atoms with Crippen LogP contribution in [0.25, 0.3) is 0 Å².